The third-order valence-corrected chi connectivity index (χ3v) is 5.54. The second-order valence-electron chi connectivity index (χ2n) is 7.03. The molecule has 0 radical (unpaired) electrons. The van der Waals surface area contributed by atoms with Crippen LogP contribution in [0.15, 0.2) is 30.5 Å². The van der Waals surface area contributed by atoms with Crippen LogP contribution >= 0.6 is 11.6 Å². The van der Waals surface area contributed by atoms with E-state index in [9.17, 15) is 4.79 Å². The first-order valence-corrected chi connectivity index (χ1v) is 9.41. The summed E-state index contributed by atoms with van der Waals surface area (Å²) in [4.78, 5) is 12.8. The molecule has 4 rings (SSSR count). The summed E-state index contributed by atoms with van der Waals surface area (Å²) in [6, 6.07) is 8.91. The molecule has 132 valence electrons. The zero-order valence-corrected chi connectivity index (χ0v) is 15.1. The molecule has 2 aromatic rings. The molecule has 3 heterocycles. The molecule has 25 heavy (non-hydrogen) atoms. The van der Waals surface area contributed by atoms with Crippen molar-refractivity contribution in [3.63, 3.8) is 0 Å². The van der Waals surface area contributed by atoms with Gasteiger partial charge in [-0.15, -0.1) is 0 Å². The average molecular weight is 359 g/mol. The van der Waals surface area contributed by atoms with Crippen molar-refractivity contribution < 1.29 is 4.79 Å². The molecule has 0 aliphatic carbocycles. The number of amides is 1. The molecule has 1 aromatic carbocycles. The predicted octanol–water partition coefficient (Wildman–Crippen LogP) is 3.10. The number of aromatic nitrogens is 2. The molecule has 2 saturated heterocycles. The highest BCUT2D eigenvalue weighted by atomic mass is 35.5. The molecule has 1 aromatic heterocycles. The molecule has 2 unspecified atom stereocenters. The maximum Gasteiger partial charge on any atom is 0.254 e. The van der Waals surface area contributed by atoms with Crippen molar-refractivity contribution in [1.82, 2.24) is 20.4 Å². The van der Waals surface area contributed by atoms with Crippen molar-refractivity contribution in [2.24, 2.45) is 0 Å². The third kappa shape index (κ3) is 3.31. The van der Waals surface area contributed by atoms with E-state index < -0.39 is 0 Å². The molecule has 2 aliphatic rings. The molecular formula is C19H23ClN4O. The number of piperidine rings is 1. The minimum atomic E-state index is -0.0172. The summed E-state index contributed by atoms with van der Waals surface area (Å²) in [6.45, 7) is 2.04. The molecule has 2 N–H and O–H groups in total. The smallest absolute Gasteiger partial charge is 0.254 e. The van der Waals surface area contributed by atoms with Crippen molar-refractivity contribution in [3.05, 3.63) is 46.7 Å². The van der Waals surface area contributed by atoms with E-state index in [0.717, 1.165) is 30.6 Å². The standard InChI is InChI=1S/C19H23ClN4O/c1-2-18-17(11-21-24(18)16-5-3-4-12(20)8-16)19(25)23-15-9-13-6-7-14(10-15)22-13/h3-5,8,11,13-15,22H,2,6-7,9-10H2,1H3,(H,23,25). The number of carbonyl (C=O) groups excluding carboxylic acids is 1. The fourth-order valence-electron chi connectivity index (χ4n) is 4.17. The van der Waals surface area contributed by atoms with Gasteiger partial charge in [-0.05, 0) is 50.3 Å². The maximum atomic E-state index is 12.8. The highest BCUT2D eigenvalue weighted by molar-refractivity contribution is 6.30. The number of rotatable bonds is 4. The van der Waals surface area contributed by atoms with Gasteiger partial charge in [0.1, 0.15) is 0 Å². The first-order chi connectivity index (χ1) is 12.1. The van der Waals surface area contributed by atoms with Gasteiger partial charge in [-0.2, -0.15) is 5.10 Å². The SMILES string of the molecule is CCc1c(C(=O)NC2CC3CCC(C2)N3)cnn1-c1cccc(Cl)c1. The average Bonchev–Trinajstić information content (AvgIpc) is 3.17. The maximum absolute atomic E-state index is 12.8. The van der Waals surface area contributed by atoms with E-state index in [1.807, 2.05) is 35.9 Å². The van der Waals surface area contributed by atoms with E-state index in [4.69, 9.17) is 11.6 Å². The van der Waals surface area contributed by atoms with Gasteiger partial charge in [-0.1, -0.05) is 24.6 Å². The minimum Gasteiger partial charge on any atom is -0.349 e. The summed E-state index contributed by atoms with van der Waals surface area (Å²) >= 11 is 6.10. The van der Waals surface area contributed by atoms with Gasteiger partial charge in [-0.25, -0.2) is 4.68 Å². The van der Waals surface area contributed by atoms with Crippen molar-refractivity contribution in [3.8, 4) is 5.69 Å². The first-order valence-electron chi connectivity index (χ1n) is 9.03. The summed E-state index contributed by atoms with van der Waals surface area (Å²) in [5.74, 6) is -0.0172. The Bertz CT molecular complexity index is 775. The highest BCUT2D eigenvalue weighted by Gasteiger charge is 2.34. The van der Waals surface area contributed by atoms with Crippen molar-refractivity contribution in [1.29, 1.82) is 0 Å². The van der Waals surface area contributed by atoms with Crippen LogP contribution in [0.25, 0.3) is 5.69 Å². The van der Waals surface area contributed by atoms with Gasteiger partial charge in [0.2, 0.25) is 0 Å². The second-order valence-corrected chi connectivity index (χ2v) is 7.47. The quantitative estimate of drug-likeness (QED) is 0.882. The number of hydrogen-bond acceptors (Lipinski definition) is 3. The largest absolute Gasteiger partial charge is 0.349 e. The number of fused-ring (bicyclic) bond motifs is 2. The summed E-state index contributed by atoms with van der Waals surface area (Å²) in [5, 5.41) is 11.9. The van der Waals surface area contributed by atoms with Crippen LogP contribution in [0.1, 0.15) is 48.7 Å². The molecular weight excluding hydrogens is 336 g/mol. The Morgan fingerprint density at radius 2 is 2.12 bits per heavy atom. The zero-order chi connectivity index (χ0) is 17.4. The number of hydrogen-bond donors (Lipinski definition) is 2. The Kier molecular flexibility index (Phi) is 4.52. The van der Waals surface area contributed by atoms with E-state index in [2.05, 4.69) is 15.7 Å². The van der Waals surface area contributed by atoms with E-state index in [1.54, 1.807) is 6.20 Å². The summed E-state index contributed by atoms with van der Waals surface area (Å²) in [5.41, 5.74) is 2.45. The topological polar surface area (TPSA) is 59.0 Å². The lowest BCUT2D eigenvalue weighted by molar-refractivity contribution is 0.0923. The number of halogens is 1. The van der Waals surface area contributed by atoms with Crippen LogP contribution in [-0.2, 0) is 6.42 Å². The van der Waals surface area contributed by atoms with Gasteiger partial charge in [0.15, 0.2) is 0 Å². The van der Waals surface area contributed by atoms with Crippen molar-refractivity contribution in [2.45, 2.75) is 57.2 Å². The van der Waals surface area contributed by atoms with Crippen molar-refractivity contribution >= 4 is 17.5 Å². The number of nitrogens with one attached hydrogen (secondary N) is 2. The van der Waals surface area contributed by atoms with Crippen LogP contribution in [0.3, 0.4) is 0 Å². The van der Waals surface area contributed by atoms with Crippen LogP contribution < -0.4 is 10.6 Å². The van der Waals surface area contributed by atoms with Crippen LogP contribution in [0.2, 0.25) is 5.02 Å². The van der Waals surface area contributed by atoms with Crippen LogP contribution in [0.5, 0.6) is 0 Å². The van der Waals surface area contributed by atoms with E-state index in [1.165, 1.54) is 12.8 Å². The van der Waals surface area contributed by atoms with E-state index in [-0.39, 0.29) is 11.9 Å². The fraction of sp³-hybridized carbons (Fsp3) is 0.474. The summed E-state index contributed by atoms with van der Waals surface area (Å²) < 4.78 is 1.81. The van der Waals surface area contributed by atoms with Gasteiger partial charge in [0, 0.05) is 23.1 Å². The van der Waals surface area contributed by atoms with Crippen LogP contribution in [0, 0.1) is 0 Å². The van der Waals surface area contributed by atoms with E-state index >= 15 is 0 Å². The lowest BCUT2D eigenvalue weighted by atomic mass is 9.99. The third-order valence-electron chi connectivity index (χ3n) is 5.31. The van der Waals surface area contributed by atoms with Gasteiger partial charge >= 0.3 is 0 Å². The summed E-state index contributed by atoms with van der Waals surface area (Å²) in [7, 11) is 0. The summed E-state index contributed by atoms with van der Waals surface area (Å²) in [6.07, 6.45) is 6.89. The zero-order valence-electron chi connectivity index (χ0n) is 14.3. The lowest BCUT2D eigenvalue weighted by Gasteiger charge is -2.29. The van der Waals surface area contributed by atoms with Gasteiger partial charge in [0.25, 0.3) is 5.91 Å². The molecule has 2 fully saturated rings. The van der Waals surface area contributed by atoms with Crippen molar-refractivity contribution in [2.75, 3.05) is 0 Å². The Balaban J connectivity index is 1.55. The van der Waals surface area contributed by atoms with Crippen LogP contribution in [0.4, 0.5) is 0 Å². The molecule has 2 atom stereocenters. The molecule has 2 aliphatic heterocycles. The van der Waals surface area contributed by atoms with Gasteiger partial charge in [-0.3, -0.25) is 4.79 Å². The number of benzene rings is 1. The number of nitrogens with zero attached hydrogens (tertiary/aromatic N) is 2. The predicted molar refractivity (Wildman–Crippen MR) is 98.4 cm³/mol. The fourth-order valence-corrected chi connectivity index (χ4v) is 4.36. The highest BCUT2D eigenvalue weighted by Crippen LogP contribution is 2.27. The van der Waals surface area contributed by atoms with Gasteiger partial charge in [0.05, 0.1) is 23.1 Å². The first kappa shape index (κ1) is 16.6. The second kappa shape index (κ2) is 6.81. The normalized spacial score (nSPS) is 25.1. The number of carbonyl (C=O) groups is 1. The molecule has 1 amide bonds. The molecule has 0 spiro atoms. The Morgan fingerprint density at radius 3 is 2.80 bits per heavy atom. The van der Waals surface area contributed by atoms with E-state index in [0.29, 0.717) is 22.7 Å². The van der Waals surface area contributed by atoms with Gasteiger partial charge < -0.3 is 10.6 Å². The Morgan fingerprint density at radius 1 is 1.36 bits per heavy atom. The Labute approximate surface area is 152 Å². The molecule has 0 saturated carbocycles. The molecule has 6 heteroatoms. The molecule has 5 nitrogen and oxygen atoms in total. The monoisotopic (exact) mass is 358 g/mol. The van der Waals surface area contributed by atoms with Crippen LogP contribution in [-0.4, -0.2) is 33.8 Å². The Hall–Kier alpha value is -1.85. The minimum absolute atomic E-state index is 0.0172. The lowest BCUT2D eigenvalue weighted by Crippen LogP contribution is -2.48. The molecule has 2 bridgehead atoms.